The minimum atomic E-state index is -0.292. The summed E-state index contributed by atoms with van der Waals surface area (Å²) < 4.78 is 10.4. The molecule has 1 aromatic rings. The van der Waals surface area contributed by atoms with E-state index in [0.717, 1.165) is 25.7 Å². The topological polar surface area (TPSA) is 55.8 Å². The summed E-state index contributed by atoms with van der Waals surface area (Å²) in [5, 5.41) is 0. The molecule has 0 bridgehead atoms. The summed E-state index contributed by atoms with van der Waals surface area (Å²) in [4.78, 5) is 26.4. The minimum Gasteiger partial charge on any atom is -0.469 e. The molecule has 0 aliphatic carbocycles. The van der Waals surface area contributed by atoms with Crippen LogP contribution < -0.4 is 0 Å². The average Bonchev–Trinajstić information content (AvgIpc) is 2.70. The molecule has 2 rings (SSSR count). The van der Waals surface area contributed by atoms with Gasteiger partial charge in [-0.3, -0.25) is 9.69 Å². The third-order valence-corrected chi connectivity index (χ3v) is 5.38. The maximum absolute atomic E-state index is 12.2. The normalized spacial score (nSPS) is 20.2. The van der Waals surface area contributed by atoms with Crippen molar-refractivity contribution in [3.8, 4) is 0 Å². The van der Waals surface area contributed by atoms with Gasteiger partial charge in [0, 0.05) is 18.6 Å². The fraction of sp³-hybridized carbons (Fsp3) is 0.636. The van der Waals surface area contributed by atoms with Crippen molar-refractivity contribution in [2.45, 2.75) is 70.4 Å². The number of benzene rings is 1. The Morgan fingerprint density at radius 2 is 1.85 bits per heavy atom. The maximum atomic E-state index is 12.2. The summed E-state index contributed by atoms with van der Waals surface area (Å²) in [5.74, 6) is -0.458. The van der Waals surface area contributed by atoms with Gasteiger partial charge in [-0.2, -0.15) is 0 Å². The number of unbranched alkanes of at least 4 members (excludes halogenated alkanes) is 2. The van der Waals surface area contributed by atoms with E-state index >= 15 is 0 Å². The Balaban J connectivity index is 1.93. The Bertz CT molecular complexity index is 575. The van der Waals surface area contributed by atoms with E-state index in [1.165, 1.54) is 26.4 Å². The molecule has 0 amide bonds. The number of ether oxygens (including phenoxy) is 2. The van der Waals surface area contributed by atoms with E-state index in [0.29, 0.717) is 31.2 Å². The number of hydrogen-bond donors (Lipinski definition) is 0. The highest BCUT2D eigenvalue weighted by Crippen LogP contribution is 2.28. The smallest absolute Gasteiger partial charge is 0.338 e. The summed E-state index contributed by atoms with van der Waals surface area (Å²) in [5.41, 5.74) is 0.571. The van der Waals surface area contributed by atoms with Crippen LogP contribution in [0.2, 0.25) is 0 Å². The number of nitrogens with zero attached hydrogens (tertiary/aromatic N) is 1. The maximum Gasteiger partial charge on any atom is 0.338 e. The van der Waals surface area contributed by atoms with Crippen molar-refractivity contribution in [1.82, 2.24) is 4.90 Å². The molecule has 1 aliphatic rings. The van der Waals surface area contributed by atoms with Gasteiger partial charge < -0.3 is 9.47 Å². The van der Waals surface area contributed by atoms with Crippen LogP contribution in [0.4, 0.5) is 0 Å². The van der Waals surface area contributed by atoms with Gasteiger partial charge in [-0.05, 0) is 31.4 Å². The highest BCUT2D eigenvalue weighted by molar-refractivity contribution is 5.89. The standard InChI is InChI=1S/C22H33NO4/c1-3-4-6-12-19-13-9-14-20(17-21(24)26-2)23(19)15-16-27-22(25)18-10-7-5-8-11-18/h5,7-8,10-11,19-20H,3-4,6,9,12-17H2,1-2H3/t19-,20-/m0/s1. The zero-order valence-electron chi connectivity index (χ0n) is 16.7. The highest BCUT2D eigenvalue weighted by atomic mass is 16.5. The fourth-order valence-electron chi connectivity index (χ4n) is 3.92. The first-order valence-corrected chi connectivity index (χ1v) is 10.2. The van der Waals surface area contributed by atoms with Crippen LogP contribution in [0.5, 0.6) is 0 Å². The number of hydrogen-bond acceptors (Lipinski definition) is 5. The summed E-state index contributed by atoms with van der Waals surface area (Å²) in [7, 11) is 1.44. The molecule has 1 aliphatic heterocycles. The molecule has 1 aromatic carbocycles. The number of esters is 2. The lowest BCUT2D eigenvalue weighted by Gasteiger charge is -2.42. The van der Waals surface area contributed by atoms with Gasteiger partial charge in [0.1, 0.15) is 6.61 Å². The van der Waals surface area contributed by atoms with Crippen LogP contribution in [0.3, 0.4) is 0 Å². The van der Waals surface area contributed by atoms with Gasteiger partial charge in [-0.25, -0.2) is 4.79 Å². The molecule has 0 unspecified atom stereocenters. The monoisotopic (exact) mass is 375 g/mol. The van der Waals surface area contributed by atoms with Crippen LogP contribution in [-0.2, 0) is 14.3 Å². The molecule has 1 saturated heterocycles. The predicted molar refractivity (Wildman–Crippen MR) is 106 cm³/mol. The second-order valence-corrected chi connectivity index (χ2v) is 7.25. The van der Waals surface area contributed by atoms with E-state index in [-0.39, 0.29) is 18.0 Å². The van der Waals surface area contributed by atoms with Crippen LogP contribution in [0.25, 0.3) is 0 Å². The SMILES string of the molecule is CCCCC[C@H]1CCC[C@@H](CC(=O)OC)N1CCOC(=O)c1ccccc1. The predicted octanol–water partition coefficient (Wildman–Crippen LogP) is 4.21. The zero-order chi connectivity index (χ0) is 19.5. The molecule has 0 saturated carbocycles. The molecule has 150 valence electrons. The van der Waals surface area contributed by atoms with Crippen molar-refractivity contribution in [2.24, 2.45) is 0 Å². The van der Waals surface area contributed by atoms with Crippen molar-refractivity contribution in [1.29, 1.82) is 0 Å². The summed E-state index contributed by atoms with van der Waals surface area (Å²) in [6.07, 6.45) is 8.46. The molecule has 5 heteroatoms. The first-order valence-electron chi connectivity index (χ1n) is 10.2. The van der Waals surface area contributed by atoms with E-state index in [1.54, 1.807) is 12.1 Å². The quantitative estimate of drug-likeness (QED) is 0.453. The lowest BCUT2D eigenvalue weighted by Crippen LogP contribution is -2.49. The first-order chi connectivity index (χ1) is 13.2. The van der Waals surface area contributed by atoms with Gasteiger partial charge in [0.15, 0.2) is 0 Å². The van der Waals surface area contributed by atoms with Crippen LogP contribution >= 0.6 is 0 Å². The third kappa shape index (κ3) is 6.98. The van der Waals surface area contributed by atoms with Crippen molar-refractivity contribution in [3.05, 3.63) is 35.9 Å². The average molecular weight is 376 g/mol. The Morgan fingerprint density at radius 3 is 2.56 bits per heavy atom. The molecule has 0 spiro atoms. The van der Waals surface area contributed by atoms with Crippen molar-refractivity contribution in [3.63, 3.8) is 0 Å². The third-order valence-electron chi connectivity index (χ3n) is 5.38. The van der Waals surface area contributed by atoms with Crippen molar-refractivity contribution in [2.75, 3.05) is 20.3 Å². The Hall–Kier alpha value is -1.88. The lowest BCUT2D eigenvalue weighted by atomic mass is 9.90. The number of likely N-dealkylation sites (tertiary alicyclic amines) is 1. The second kappa shape index (κ2) is 11.8. The van der Waals surface area contributed by atoms with Gasteiger partial charge in [0.25, 0.3) is 0 Å². The Morgan fingerprint density at radius 1 is 1.11 bits per heavy atom. The van der Waals surface area contributed by atoms with E-state index in [9.17, 15) is 9.59 Å². The number of rotatable bonds is 10. The van der Waals surface area contributed by atoms with Crippen LogP contribution in [0.1, 0.15) is 68.6 Å². The van der Waals surface area contributed by atoms with Crippen LogP contribution in [0, 0.1) is 0 Å². The number of carbonyl (C=O) groups excluding carboxylic acids is 2. The van der Waals surface area contributed by atoms with Crippen molar-refractivity contribution < 1.29 is 19.1 Å². The van der Waals surface area contributed by atoms with E-state index < -0.39 is 0 Å². The Kier molecular flexibility index (Phi) is 9.32. The molecule has 2 atom stereocenters. The molecule has 0 N–H and O–H groups in total. The molecule has 0 aromatic heterocycles. The fourth-order valence-corrected chi connectivity index (χ4v) is 3.92. The second-order valence-electron chi connectivity index (χ2n) is 7.25. The summed E-state index contributed by atoms with van der Waals surface area (Å²) in [6.45, 7) is 3.22. The van der Waals surface area contributed by atoms with Crippen LogP contribution in [-0.4, -0.2) is 49.2 Å². The largest absolute Gasteiger partial charge is 0.469 e. The highest BCUT2D eigenvalue weighted by Gasteiger charge is 2.31. The molecule has 1 fully saturated rings. The van der Waals surface area contributed by atoms with Crippen molar-refractivity contribution >= 4 is 11.9 Å². The number of piperidine rings is 1. The van der Waals surface area contributed by atoms with Gasteiger partial charge in [0.05, 0.1) is 19.1 Å². The van der Waals surface area contributed by atoms with E-state index in [4.69, 9.17) is 9.47 Å². The van der Waals surface area contributed by atoms with E-state index in [2.05, 4.69) is 11.8 Å². The van der Waals surface area contributed by atoms with E-state index in [1.807, 2.05) is 18.2 Å². The summed E-state index contributed by atoms with van der Waals surface area (Å²) in [6, 6.07) is 9.69. The molecule has 0 radical (unpaired) electrons. The zero-order valence-corrected chi connectivity index (χ0v) is 16.7. The van der Waals surface area contributed by atoms with Gasteiger partial charge in [-0.1, -0.05) is 50.8 Å². The van der Waals surface area contributed by atoms with Gasteiger partial charge in [-0.15, -0.1) is 0 Å². The minimum absolute atomic E-state index is 0.166. The molecular weight excluding hydrogens is 342 g/mol. The Labute approximate surface area is 163 Å². The molecule has 5 nitrogen and oxygen atoms in total. The molecule has 27 heavy (non-hydrogen) atoms. The number of carbonyl (C=O) groups is 2. The first kappa shape index (κ1) is 21.4. The lowest BCUT2D eigenvalue weighted by molar-refractivity contribution is -0.142. The molecule has 1 heterocycles. The van der Waals surface area contributed by atoms with Gasteiger partial charge >= 0.3 is 11.9 Å². The van der Waals surface area contributed by atoms with Gasteiger partial charge in [0.2, 0.25) is 0 Å². The van der Waals surface area contributed by atoms with Crippen LogP contribution in [0.15, 0.2) is 30.3 Å². The molecular formula is C22H33NO4. The number of methoxy groups -OCH3 is 1. The summed E-state index contributed by atoms with van der Waals surface area (Å²) >= 11 is 0.